The van der Waals surface area contributed by atoms with Crippen molar-refractivity contribution in [1.82, 2.24) is 9.78 Å². The molecule has 0 fully saturated rings. The Kier molecular flexibility index (Phi) is 4.24. The molecule has 19 heavy (non-hydrogen) atoms. The Morgan fingerprint density at radius 3 is 2.42 bits per heavy atom. The van der Waals surface area contributed by atoms with Gasteiger partial charge in [0.2, 0.25) is 0 Å². The number of nitro groups is 1. The van der Waals surface area contributed by atoms with Crippen LogP contribution in [0.15, 0.2) is 5.03 Å². The minimum Gasteiger partial charge on any atom is -0.480 e. The molecule has 0 bridgehead atoms. The third-order valence-corrected chi connectivity index (χ3v) is 3.93. The van der Waals surface area contributed by atoms with Gasteiger partial charge in [-0.15, -0.1) is 0 Å². The second-order valence-electron chi connectivity index (χ2n) is 4.99. The highest BCUT2D eigenvalue weighted by Crippen LogP contribution is 2.41. The Hall–Kier alpha value is -1.57. The molecule has 0 saturated heterocycles. The summed E-state index contributed by atoms with van der Waals surface area (Å²) in [6.07, 6.45) is 0. The monoisotopic (exact) mass is 287 g/mol. The van der Waals surface area contributed by atoms with E-state index in [1.807, 2.05) is 13.8 Å². The van der Waals surface area contributed by atoms with Crippen LogP contribution in [-0.4, -0.2) is 30.5 Å². The number of nitrogens with zero attached hydrogens (tertiary/aromatic N) is 3. The van der Waals surface area contributed by atoms with Crippen LogP contribution >= 0.6 is 11.8 Å². The largest absolute Gasteiger partial charge is 0.480 e. The zero-order valence-corrected chi connectivity index (χ0v) is 12.3. The summed E-state index contributed by atoms with van der Waals surface area (Å²) in [6.45, 7) is 6.63. The van der Waals surface area contributed by atoms with Crippen molar-refractivity contribution in [1.29, 1.82) is 0 Å². The number of hydrogen-bond acceptors (Lipinski definition) is 5. The Bertz CT molecular complexity index is 522. The van der Waals surface area contributed by atoms with Crippen molar-refractivity contribution in [2.45, 2.75) is 43.4 Å². The van der Waals surface area contributed by atoms with Gasteiger partial charge in [0, 0.05) is 13.0 Å². The van der Waals surface area contributed by atoms with E-state index in [-0.39, 0.29) is 16.6 Å². The second-order valence-corrected chi connectivity index (χ2v) is 6.60. The van der Waals surface area contributed by atoms with E-state index in [4.69, 9.17) is 5.11 Å². The molecular weight excluding hydrogens is 270 g/mol. The number of carboxylic acid groups (broad SMARTS) is 1. The summed E-state index contributed by atoms with van der Waals surface area (Å²) in [5.41, 5.74) is 0.271. The first-order valence-corrected chi connectivity index (χ1v) is 6.53. The van der Waals surface area contributed by atoms with Gasteiger partial charge in [0.25, 0.3) is 0 Å². The molecule has 0 aliphatic carbocycles. The average Bonchev–Trinajstić information content (AvgIpc) is 2.55. The maximum atomic E-state index is 11.2. The molecule has 0 saturated carbocycles. The number of carboxylic acids is 1. The Labute approximate surface area is 115 Å². The first-order valence-electron chi connectivity index (χ1n) is 5.71. The molecule has 1 rings (SSSR count). The topological polar surface area (TPSA) is 98.3 Å². The van der Waals surface area contributed by atoms with Gasteiger partial charge in [-0.1, -0.05) is 25.6 Å². The Morgan fingerprint density at radius 1 is 1.53 bits per heavy atom. The van der Waals surface area contributed by atoms with Crippen LogP contribution in [0.2, 0.25) is 0 Å². The van der Waals surface area contributed by atoms with E-state index in [0.29, 0.717) is 5.69 Å². The predicted molar refractivity (Wildman–Crippen MR) is 71.5 cm³/mol. The first-order chi connectivity index (χ1) is 8.58. The third kappa shape index (κ3) is 3.06. The fraction of sp³-hybridized carbons (Fsp3) is 0.636. The van der Waals surface area contributed by atoms with Gasteiger partial charge in [-0.05, 0) is 13.8 Å². The number of aliphatic carboxylic acids is 1. The maximum absolute atomic E-state index is 11.2. The quantitative estimate of drug-likeness (QED) is 0.507. The summed E-state index contributed by atoms with van der Waals surface area (Å²) in [5.74, 6) is -1.13. The minimum absolute atomic E-state index is 0.100. The molecule has 1 aromatic rings. The van der Waals surface area contributed by atoms with Gasteiger partial charge < -0.3 is 5.11 Å². The summed E-state index contributed by atoms with van der Waals surface area (Å²) < 4.78 is 0.218. The fourth-order valence-electron chi connectivity index (χ4n) is 1.48. The smallest absolute Gasteiger partial charge is 0.324 e. The fourth-order valence-corrected chi connectivity index (χ4v) is 2.50. The van der Waals surface area contributed by atoms with Crippen LogP contribution in [0.1, 0.15) is 39.3 Å². The first kappa shape index (κ1) is 15.5. The molecule has 0 atom stereocenters. The number of rotatable bonds is 5. The molecule has 1 aromatic heterocycles. The van der Waals surface area contributed by atoms with E-state index in [0.717, 1.165) is 11.8 Å². The van der Waals surface area contributed by atoms with Crippen LogP contribution in [0.5, 0.6) is 0 Å². The second kappa shape index (κ2) is 5.20. The molecule has 0 aromatic carbocycles. The molecule has 0 aliphatic rings. The van der Waals surface area contributed by atoms with E-state index in [2.05, 4.69) is 5.10 Å². The van der Waals surface area contributed by atoms with Crippen molar-refractivity contribution < 1.29 is 14.8 Å². The van der Waals surface area contributed by atoms with E-state index in [1.165, 1.54) is 18.5 Å². The van der Waals surface area contributed by atoms with Crippen LogP contribution < -0.4 is 0 Å². The highest BCUT2D eigenvalue weighted by molar-refractivity contribution is 8.01. The molecule has 106 valence electrons. The number of aryl methyl sites for hydroxylation is 1. The van der Waals surface area contributed by atoms with Crippen molar-refractivity contribution >= 4 is 23.4 Å². The molecule has 7 nitrogen and oxygen atoms in total. The SMILES string of the molecule is CC(C)c1nn(C)c(SC(C)(C)C(=O)O)c1[N+](=O)[O-]. The lowest BCUT2D eigenvalue weighted by atomic mass is 10.1. The van der Waals surface area contributed by atoms with Crippen LogP contribution in [0, 0.1) is 10.1 Å². The zero-order chi connectivity index (χ0) is 15.0. The predicted octanol–water partition coefficient (Wildman–Crippen LogP) is 2.41. The molecule has 0 radical (unpaired) electrons. The van der Waals surface area contributed by atoms with Crippen molar-refractivity contribution in [3.63, 3.8) is 0 Å². The highest BCUT2D eigenvalue weighted by atomic mass is 32.2. The summed E-state index contributed by atoms with van der Waals surface area (Å²) in [6, 6.07) is 0. The minimum atomic E-state index is -1.16. The zero-order valence-electron chi connectivity index (χ0n) is 11.5. The van der Waals surface area contributed by atoms with Crippen LogP contribution in [0.3, 0.4) is 0 Å². The third-order valence-electron chi connectivity index (χ3n) is 2.59. The number of thioether (sulfide) groups is 1. The molecule has 0 unspecified atom stereocenters. The summed E-state index contributed by atoms with van der Waals surface area (Å²) in [4.78, 5) is 21.8. The summed E-state index contributed by atoms with van der Waals surface area (Å²) in [5, 5.41) is 24.7. The van der Waals surface area contributed by atoms with Crippen molar-refractivity contribution in [3.05, 3.63) is 15.8 Å². The number of hydrogen-bond donors (Lipinski definition) is 1. The van der Waals surface area contributed by atoms with Crippen LogP contribution in [-0.2, 0) is 11.8 Å². The van der Waals surface area contributed by atoms with E-state index < -0.39 is 15.6 Å². The lowest BCUT2D eigenvalue weighted by Gasteiger charge is -2.17. The van der Waals surface area contributed by atoms with Gasteiger partial charge in [-0.25, -0.2) is 0 Å². The standard InChI is InChI=1S/C11H17N3O4S/c1-6(2)7-8(14(17)18)9(13(5)12-7)19-11(3,4)10(15)16/h6H,1-5H3,(H,15,16). The molecule has 1 N–H and O–H groups in total. The summed E-state index contributed by atoms with van der Waals surface area (Å²) in [7, 11) is 1.58. The van der Waals surface area contributed by atoms with Gasteiger partial charge in [0.15, 0.2) is 5.03 Å². The lowest BCUT2D eigenvalue weighted by molar-refractivity contribution is -0.388. The molecule has 1 heterocycles. The molecule has 0 aliphatic heterocycles. The lowest BCUT2D eigenvalue weighted by Crippen LogP contribution is -2.27. The highest BCUT2D eigenvalue weighted by Gasteiger charge is 2.36. The average molecular weight is 287 g/mol. The van der Waals surface area contributed by atoms with Crippen LogP contribution in [0.4, 0.5) is 5.69 Å². The molecule has 0 spiro atoms. The van der Waals surface area contributed by atoms with Gasteiger partial charge in [0.05, 0.1) is 4.92 Å². The van der Waals surface area contributed by atoms with Crippen molar-refractivity contribution in [3.8, 4) is 0 Å². The van der Waals surface area contributed by atoms with Crippen LogP contribution in [0.25, 0.3) is 0 Å². The van der Waals surface area contributed by atoms with E-state index in [9.17, 15) is 14.9 Å². The van der Waals surface area contributed by atoms with Crippen molar-refractivity contribution in [2.24, 2.45) is 7.05 Å². The van der Waals surface area contributed by atoms with Gasteiger partial charge in [0.1, 0.15) is 10.4 Å². The Balaban J connectivity index is 3.35. The number of carbonyl (C=O) groups is 1. The molecule has 8 heteroatoms. The number of aromatic nitrogens is 2. The maximum Gasteiger partial charge on any atom is 0.324 e. The van der Waals surface area contributed by atoms with E-state index in [1.54, 1.807) is 7.05 Å². The summed E-state index contributed by atoms with van der Waals surface area (Å²) >= 11 is 0.933. The van der Waals surface area contributed by atoms with Gasteiger partial charge in [-0.3, -0.25) is 19.6 Å². The Morgan fingerprint density at radius 2 is 2.05 bits per heavy atom. The van der Waals surface area contributed by atoms with Gasteiger partial charge >= 0.3 is 11.7 Å². The van der Waals surface area contributed by atoms with Gasteiger partial charge in [-0.2, -0.15) is 5.10 Å². The molecular formula is C11H17N3O4S. The van der Waals surface area contributed by atoms with Crippen molar-refractivity contribution in [2.75, 3.05) is 0 Å². The van der Waals surface area contributed by atoms with E-state index >= 15 is 0 Å². The normalized spacial score (nSPS) is 11.9. The molecule has 0 amide bonds.